The molecule has 0 aliphatic rings. The number of nitrogens with one attached hydrogen (secondary N) is 1. The van der Waals surface area contributed by atoms with Gasteiger partial charge in [0.25, 0.3) is 5.91 Å². The van der Waals surface area contributed by atoms with Crippen LogP contribution in [0.2, 0.25) is 0 Å². The van der Waals surface area contributed by atoms with Crippen LogP contribution < -0.4 is 5.32 Å². The predicted molar refractivity (Wildman–Crippen MR) is 76.6 cm³/mol. The second-order valence-electron chi connectivity index (χ2n) is 3.37. The summed E-state index contributed by atoms with van der Waals surface area (Å²) in [7, 11) is 0. The fourth-order valence-corrected chi connectivity index (χ4v) is 2.72. The minimum absolute atomic E-state index is 0.174. The number of amides is 1. The summed E-state index contributed by atoms with van der Waals surface area (Å²) in [4.78, 5) is 16.2. The van der Waals surface area contributed by atoms with Gasteiger partial charge in [-0.3, -0.25) is 10.1 Å². The summed E-state index contributed by atoms with van der Waals surface area (Å²) in [5.41, 5.74) is 1.48. The van der Waals surface area contributed by atoms with E-state index in [2.05, 4.69) is 42.2 Å². The molecule has 1 amide bonds. The highest BCUT2D eigenvalue weighted by atomic mass is 79.9. The average molecular weight is 376 g/mol. The van der Waals surface area contributed by atoms with Crippen LogP contribution in [-0.2, 0) is 0 Å². The van der Waals surface area contributed by atoms with Crippen molar-refractivity contribution in [1.82, 2.24) is 4.98 Å². The fraction of sp³-hybridized carbons (Fsp3) is 0.0909. The molecule has 1 N–H and O–H groups in total. The quantitative estimate of drug-likeness (QED) is 0.853. The third-order valence-corrected chi connectivity index (χ3v) is 4.07. The van der Waals surface area contributed by atoms with Gasteiger partial charge in [-0.1, -0.05) is 15.9 Å². The van der Waals surface area contributed by atoms with Crippen LogP contribution in [0.5, 0.6) is 0 Å². The maximum atomic E-state index is 12.0. The van der Waals surface area contributed by atoms with Crippen molar-refractivity contribution < 1.29 is 4.79 Å². The molecular weight excluding hydrogens is 368 g/mol. The van der Waals surface area contributed by atoms with Gasteiger partial charge in [0.1, 0.15) is 0 Å². The van der Waals surface area contributed by atoms with Crippen LogP contribution in [0.1, 0.15) is 16.1 Å². The van der Waals surface area contributed by atoms with E-state index in [0.717, 1.165) is 14.6 Å². The number of hydrogen-bond donors (Lipinski definition) is 1. The second kappa shape index (κ2) is 5.29. The Morgan fingerprint density at radius 3 is 2.82 bits per heavy atom. The van der Waals surface area contributed by atoms with Gasteiger partial charge in [-0.15, -0.1) is 11.3 Å². The normalized spacial score (nSPS) is 10.3. The summed E-state index contributed by atoms with van der Waals surface area (Å²) in [6, 6.07) is 5.46. The minimum Gasteiger partial charge on any atom is -0.298 e. The van der Waals surface area contributed by atoms with Crippen molar-refractivity contribution in [3.8, 4) is 0 Å². The zero-order valence-electron chi connectivity index (χ0n) is 8.83. The molecule has 3 nitrogen and oxygen atoms in total. The summed E-state index contributed by atoms with van der Waals surface area (Å²) in [5.74, 6) is -0.174. The first-order valence-corrected chi connectivity index (χ1v) is 7.21. The van der Waals surface area contributed by atoms with Crippen LogP contribution in [0.15, 0.2) is 32.5 Å². The molecule has 1 aromatic heterocycles. The summed E-state index contributed by atoms with van der Waals surface area (Å²) in [6.07, 6.45) is 0. The molecule has 0 fully saturated rings. The molecule has 2 rings (SSSR count). The molecular formula is C11H8Br2N2OS. The number of rotatable bonds is 2. The van der Waals surface area contributed by atoms with Gasteiger partial charge in [-0.2, -0.15) is 0 Å². The number of carbonyl (C=O) groups excluding carboxylic acids is 1. The Bertz CT molecular complexity index is 568. The number of thiazole rings is 1. The Morgan fingerprint density at radius 2 is 2.18 bits per heavy atom. The number of aromatic nitrogens is 1. The Kier molecular flexibility index (Phi) is 3.96. The van der Waals surface area contributed by atoms with Gasteiger partial charge in [0.05, 0.1) is 11.3 Å². The molecule has 0 aliphatic carbocycles. The average Bonchev–Trinajstić information content (AvgIpc) is 2.67. The third kappa shape index (κ3) is 3.14. The highest BCUT2D eigenvalue weighted by Crippen LogP contribution is 2.23. The maximum Gasteiger partial charge on any atom is 0.258 e. The first kappa shape index (κ1) is 12.7. The summed E-state index contributed by atoms with van der Waals surface area (Å²) >= 11 is 8.10. The first-order chi connectivity index (χ1) is 8.06. The van der Waals surface area contributed by atoms with Crippen LogP contribution in [-0.4, -0.2) is 10.9 Å². The van der Waals surface area contributed by atoms with Crippen molar-refractivity contribution in [1.29, 1.82) is 0 Å². The van der Waals surface area contributed by atoms with Crippen LogP contribution >= 0.6 is 43.2 Å². The monoisotopic (exact) mass is 374 g/mol. The lowest BCUT2D eigenvalue weighted by Gasteiger charge is -2.04. The van der Waals surface area contributed by atoms with E-state index in [9.17, 15) is 4.79 Å². The fourth-order valence-electron chi connectivity index (χ4n) is 1.25. The van der Waals surface area contributed by atoms with Crippen molar-refractivity contribution in [2.45, 2.75) is 6.92 Å². The highest BCUT2D eigenvalue weighted by molar-refractivity contribution is 9.11. The molecule has 0 saturated carbocycles. The Labute approximate surface area is 120 Å². The molecule has 1 heterocycles. The first-order valence-electron chi connectivity index (χ1n) is 4.75. The molecule has 0 bridgehead atoms. The van der Waals surface area contributed by atoms with E-state index in [1.165, 1.54) is 11.3 Å². The molecule has 2 aromatic rings. The third-order valence-electron chi connectivity index (χ3n) is 2.01. The molecule has 0 atom stereocenters. The van der Waals surface area contributed by atoms with Crippen molar-refractivity contribution >= 4 is 54.2 Å². The lowest BCUT2D eigenvalue weighted by molar-refractivity contribution is 0.102. The van der Waals surface area contributed by atoms with Crippen LogP contribution in [0.25, 0.3) is 0 Å². The zero-order valence-corrected chi connectivity index (χ0v) is 12.8. The van der Waals surface area contributed by atoms with Gasteiger partial charge in [-0.25, -0.2) is 4.98 Å². The molecule has 0 radical (unpaired) electrons. The van der Waals surface area contributed by atoms with Gasteiger partial charge in [0.2, 0.25) is 0 Å². The number of aryl methyl sites for hydroxylation is 1. The number of nitrogens with zero attached hydrogens (tertiary/aromatic N) is 1. The number of carbonyl (C=O) groups is 1. The highest BCUT2D eigenvalue weighted by Gasteiger charge is 2.12. The number of halogens is 2. The number of hydrogen-bond acceptors (Lipinski definition) is 3. The predicted octanol–water partition coefficient (Wildman–Crippen LogP) is 4.23. The maximum absolute atomic E-state index is 12.0. The van der Waals surface area contributed by atoms with E-state index in [0.29, 0.717) is 10.7 Å². The van der Waals surface area contributed by atoms with E-state index in [4.69, 9.17) is 0 Å². The van der Waals surface area contributed by atoms with Gasteiger partial charge in [0.15, 0.2) is 5.13 Å². The molecule has 17 heavy (non-hydrogen) atoms. The van der Waals surface area contributed by atoms with Crippen LogP contribution in [0, 0.1) is 6.92 Å². The topological polar surface area (TPSA) is 42.0 Å². The SMILES string of the molecule is Cc1csc(NC(=O)c2cc(Br)ccc2Br)n1. The summed E-state index contributed by atoms with van der Waals surface area (Å²) < 4.78 is 1.62. The van der Waals surface area contributed by atoms with E-state index >= 15 is 0 Å². The molecule has 1 aromatic carbocycles. The molecule has 6 heteroatoms. The Hall–Kier alpha value is -0.720. The van der Waals surface area contributed by atoms with Gasteiger partial charge >= 0.3 is 0 Å². The van der Waals surface area contributed by atoms with Gasteiger partial charge in [-0.05, 0) is 41.1 Å². The summed E-state index contributed by atoms with van der Waals surface area (Å²) in [6.45, 7) is 1.89. The van der Waals surface area contributed by atoms with Crippen molar-refractivity contribution in [2.75, 3.05) is 5.32 Å². The van der Waals surface area contributed by atoms with E-state index < -0.39 is 0 Å². The molecule has 0 unspecified atom stereocenters. The Morgan fingerprint density at radius 1 is 1.41 bits per heavy atom. The van der Waals surface area contributed by atoms with Crippen molar-refractivity contribution in [3.63, 3.8) is 0 Å². The van der Waals surface area contributed by atoms with E-state index in [-0.39, 0.29) is 5.91 Å². The smallest absolute Gasteiger partial charge is 0.258 e. The van der Waals surface area contributed by atoms with Crippen molar-refractivity contribution in [2.24, 2.45) is 0 Å². The number of anilines is 1. The number of benzene rings is 1. The van der Waals surface area contributed by atoms with Crippen LogP contribution in [0.3, 0.4) is 0 Å². The molecule has 88 valence electrons. The zero-order chi connectivity index (χ0) is 12.4. The molecule has 0 aliphatic heterocycles. The Balaban J connectivity index is 2.22. The minimum atomic E-state index is -0.174. The molecule has 0 spiro atoms. The summed E-state index contributed by atoms with van der Waals surface area (Å²) in [5, 5.41) is 5.27. The van der Waals surface area contributed by atoms with Gasteiger partial charge in [0, 0.05) is 14.3 Å². The lowest BCUT2D eigenvalue weighted by Crippen LogP contribution is -2.12. The van der Waals surface area contributed by atoms with Gasteiger partial charge < -0.3 is 0 Å². The molecule has 0 saturated heterocycles. The van der Waals surface area contributed by atoms with E-state index in [1.807, 2.05) is 24.4 Å². The van der Waals surface area contributed by atoms with E-state index in [1.54, 1.807) is 6.07 Å². The van der Waals surface area contributed by atoms with Crippen molar-refractivity contribution in [3.05, 3.63) is 43.8 Å². The second-order valence-corrected chi connectivity index (χ2v) is 6.00. The van der Waals surface area contributed by atoms with Crippen LogP contribution in [0.4, 0.5) is 5.13 Å². The largest absolute Gasteiger partial charge is 0.298 e. The standard InChI is InChI=1S/C11H8Br2N2OS/c1-6-5-17-11(14-6)15-10(16)8-4-7(12)2-3-9(8)13/h2-5H,1H3,(H,14,15,16). The lowest BCUT2D eigenvalue weighted by atomic mass is 10.2.